The molecule has 2 nitrogen and oxygen atoms in total. The van der Waals surface area contributed by atoms with Gasteiger partial charge in [-0.15, -0.1) is 11.3 Å². The van der Waals surface area contributed by atoms with E-state index in [9.17, 15) is 0 Å². The largest absolute Gasteiger partial charge is 0.342 e. The Morgan fingerprint density at radius 1 is 1.14 bits per heavy atom. The van der Waals surface area contributed by atoms with Gasteiger partial charge >= 0.3 is 0 Å². The van der Waals surface area contributed by atoms with Gasteiger partial charge in [0.2, 0.25) is 0 Å². The van der Waals surface area contributed by atoms with Gasteiger partial charge in [-0.05, 0) is 64.8 Å². The summed E-state index contributed by atoms with van der Waals surface area (Å²) in [6, 6.07) is 10.8. The Bertz CT molecular complexity index is 729. The molecule has 110 valence electrons. The van der Waals surface area contributed by atoms with Gasteiger partial charge in [0.05, 0.1) is 6.54 Å². The van der Waals surface area contributed by atoms with Crippen molar-refractivity contribution in [3.05, 3.63) is 56.8 Å². The summed E-state index contributed by atoms with van der Waals surface area (Å²) in [4.78, 5) is 1.37. The molecule has 0 aliphatic heterocycles. The van der Waals surface area contributed by atoms with E-state index < -0.39 is 0 Å². The zero-order chi connectivity index (χ0) is 14.7. The van der Waals surface area contributed by atoms with Crippen molar-refractivity contribution < 1.29 is 0 Å². The molecule has 1 aromatic carbocycles. The number of hydrogen-bond donors (Lipinski definition) is 1. The molecule has 2 heterocycles. The summed E-state index contributed by atoms with van der Waals surface area (Å²) in [6.07, 6.45) is 5.67. The maximum Gasteiger partial charge on any atom is 0.0580 e. The van der Waals surface area contributed by atoms with Gasteiger partial charge in [0.25, 0.3) is 0 Å². The molecule has 4 heteroatoms. The van der Waals surface area contributed by atoms with Gasteiger partial charge in [0.15, 0.2) is 0 Å². The second kappa shape index (κ2) is 6.77. The topological polar surface area (TPSA) is 30.9 Å². The van der Waals surface area contributed by atoms with E-state index in [-0.39, 0.29) is 0 Å². The zero-order valence-electron chi connectivity index (χ0n) is 11.9. The fourth-order valence-corrected chi connectivity index (χ4v) is 4.18. The lowest BCUT2D eigenvalue weighted by molar-refractivity contribution is 0.742. The Balaban J connectivity index is 1.93. The quantitative estimate of drug-likeness (QED) is 0.627. The molecular weight excluding hydrogens is 344 g/mol. The van der Waals surface area contributed by atoms with Crippen molar-refractivity contribution in [3.8, 4) is 0 Å². The number of aryl methyl sites for hydroxylation is 1. The van der Waals surface area contributed by atoms with Crippen LogP contribution in [-0.4, -0.2) is 11.1 Å². The number of aromatic nitrogens is 1. The van der Waals surface area contributed by atoms with Gasteiger partial charge < -0.3 is 10.3 Å². The molecule has 0 spiro atoms. The number of thiophene rings is 1. The number of nitrogens with two attached hydrogens (primary N) is 1. The van der Waals surface area contributed by atoms with Crippen LogP contribution >= 0.6 is 27.3 Å². The summed E-state index contributed by atoms with van der Waals surface area (Å²) in [7, 11) is 0. The van der Waals surface area contributed by atoms with E-state index in [1.54, 1.807) is 11.3 Å². The second-order valence-electron chi connectivity index (χ2n) is 5.24. The minimum atomic E-state index is 0.779. The van der Waals surface area contributed by atoms with Crippen molar-refractivity contribution >= 4 is 38.2 Å². The molecule has 0 saturated heterocycles. The molecule has 2 N–H and O–H groups in total. The highest BCUT2D eigenvalue weighted by Crippen LogP contribution is 2.28. The van der Waals surface area contributed by atoms with E-state index in [2.05, 4.69) is 62.4 Å². The smallest absolute Gasteiger partial charge is 0.0580 e. The van der Waals surface area contributed by atoms with Crippen LogP contribution in [0.15, 0.2) is 46.4 Å². The monoisotopic (exact) mass is 362 g/mol. The molecule has 21 heavy (non-hydrogen) atoms. The molecule has 0 unspecified atom stereocenters. The summed E-state index contributed by atoms with van der Waals surface area (Å²) in [5.74, 6) is 0. The Morgan fingerprint density at radius 2 is 2.00 bits per heavy atom. The van der Waals surface area contributed by atoms with Crippen LogP contribution in [-0.2, 0) is 13.0 Å². The van der Waals surface area contributed by atoms with Crippen LogP contribution in [0.3, 0.4) is 0 Å². The van der Waals surface area contributed by atoms with Crippen molar-refractivity contribution in [1.82, 2.24) is 4.57 Å². The number of unbranched alkanes of at least 4 members (excludes halogenated alkanes) is 1. The molecule has 3 aromatic rings. The lowest BCUT2D eigenvalue weighted by Gasteiger charge is -2.03. The highest BCUT2D eigenvalue weighted by molar-refractivity contribution is 9.10. The average molecular weight is 363 g/mol. The van der Waals surface area contributed by atoms with E-state index in [0.29, 0.717) is 0 Å². The van der Waals surface area contributed by atoms with E-state index in [4.69, 9.17) is 5.73 Å². The molecule has 0 fully saturated rings. The lowest BCUT2D eigenvalue weighted by atomic mass is 10.1. The van der Waals surface area contributed by atoms with Crippen LogP contribution in [0.4, 0.5) is 0 Å². The first-order valence-electron chi connectivity index (χ1n) is 7.28. The fraction of sp³-hybridized carbons (Fsp3) is 0.294. The van der Waals surface area contributed by atoms with E-state index in [1.165, 1.54) is 25.8 Å². The number of fused-ring (bicyclic) bond motifs is 1. The van der Waals surface area contributed by atoms with Crippen LogP contribution in [0.2, 0.25) is 0 Å². The van der Waals surface area contributed by atoms with Crippen molar-refractivity contribution in [1.29, 1.82) is 0 Å². The third kappa shape index (κ3) is 3.23. The van der Waals surface area contributed by atoms with Gasteiger partial charge in [0.1, 0.15) is 0 Å². The normalized spacial score (nSPS) is 11.3. The minimum Gasteiger partial charge on any atom is -0.342 e. The minimum absolute atomic E-state index is 0.779. The molecule has 0 aliphatic carbocycles. The molecular formula is C17H19BrN2S. The molecule has 0 atom stereocenters. The molecule has 3 rings (SSSR count). The van der Waals surface area contributed by atoms with Crippen LogP contribution in [0.1, 0.15) is 23.3 Å². The maximum absolute atomic E-state index is 5.61. The number of hydrogen-bond acceptors (Lipinski definition) is 2. The van der Waals surface area contributed by atoms with Gasteiger partial charge in [-0.1, -0.05) is 18.2 Å². The SMILES string of the molecule is NCCCCc1cn(Cc2sccc2Br)c2ccccc12. The third-order valence-corrected chi connectivity index (χ3v) is 5.69. The van der Waals surface area contributed by atoms with E-state index in [0.717, 1.165) is 32.4 Å². The van der Waals surface area contributed by atoms with Crippen molar-refractivity contribution in [3.63, 3.8) is 0 Å². The van der Waals surface area contributed by atoms with E-state index >= 15 is 0 Å². The highest BCUT2D eigenvalue weighted by Gasteiger charge is 2.10. The predicted molar refractivity (Wildman–Crippen MR) is 95.1 cm³/mol. The lowest BCUT2D eigenvalue weighted by Crippen LogP contribution is -1.99. The van der Waals surface area contributed by atoms with Gasteiger partial charge in [0, 0.05) is 26.4 Å². The van der Waals surface area contributed by atoms with Crippen molar-refractivity contribution in [2.75, 3.05) is 6.54 Å². The number of halogens is 1. The van der Waals surface area contributed by atoms with Crippen LogP contribution in [0, 0.1) is 0 Å². The Morgan fingerprint density at radius 3 is 2.76 bits per heavy atom. The Labute approximate surface area is 137 Å². The zero-order valence-corrected chi connectivity index (χ0v) is 14.3. The number of benzene rings is 1. The van der Waals surface area contributed by atoms with Gasteiger partial charge in [-0.3, -0.25) is 0 Å². The van der Waals surface area contributed by atoms with Gasteiger partial charge in [-0.25, -0.2) is 0 Å². The third-order valence-electron chi connectivity index (χ3n) is 3.78. The molecule has 0 saturated carbocycles. The second-order valence-corrected chi connectivity index (χ2v) is 7.09. The predicted octanol–water partition coefficient (Wildman–Crippen LogP) is 4.80. The maximum atomic E-state index is 5.61. The summed E-state index contributed by atoms with van der Waals surface area (Å²) in [5.41, 5.74) is 8.37. The summed E-state index contributed by atoms with van der Waals surface area (Å²) in [5, 5.41) is 3.51. The summed E-state index contributed by atoms with van der Waals surface area (Å²) >= 11 is 5.43. The summed E-state index contributed by atoms with van der Waals surface area (Å²) < 4.78 is 3.57. The standard InChI is InChI=1S/C17H19BrN2S/c18-15-8-10-21-17(15)12-20-11-13(5-3-4-9-19)14-6-1-2-7-16(14)20/h1-2,6-8,10-11H,3-5,9,12,19H2. The Kier molecular flexibility index (Phi) is 4.78. The number of para-hydroxylation sites is 1. The van der Waals surface area contributed by atoms with E-state index in [1.807, 2.05) is 0 Å². The first kappa shape index (κ1) is 14.8. The molecule has 0 radical (unpaired) electrons. The molecule has 2 aromatic heterocycles. The molecule has 0 amide bonds. The molecule has 0 bridgehead atoms. The van der Waals surface area contributed by atoms with Crippen molar-refractivity contribution in [2.45, 2.75) is 25.8 Å². The number of nitrogens with zero attached hydrogens (tertiary/aromatic N) is 1. The Hall–Kier alpha value is -1.10. The first-order chi connectivity index (χ1) is 10.3. The summed E-state index contributed by atoms with van der Waals surface area (Å²) in [6.45, 7) is 1.70. The highest BCUT2D eigenvalue weighted by atomic mass is 79.9. The van der Waals surface area contributed by atoms with Crippen molar-refractivity contribution in [2.24, 2.45) is 5.73 Å². The first-order valence-corrected chi connectivity index (χ1v) is 8.95. The van der Waals surface area contributed by atoms with Crippen LogP contribution < -0.4 is 5.73 Å². The number of rotatable bonds is 6. The fourth-order valence-electron chi connectivity index (χ4n) is 2.71. The average Bonchev–Trinajstić information content (AvgIpc) is 3.05. The molecule has 0 aliphatic rings. The van der Waals surface area contributed by atoms with Gasteiger partial charge in [-0.2, -0.15) is 0 Å². The van der Waals surface area contributed by atoms with Crippen LogP contribution in [0.25, 0.3) is 10.9 Å². The van der Waals surface area contributed by atoms with Crippen LogP contribution in [0.5, 0.6) is 0 Å².